The SMILES string of the molecule is COc1ccc(C2=NN(S(=O)(=O)c3ccc(C)cc3)C(c3ccc(C)cc3)C2)cc1OC. The molecular weight excluding hydrogens is 424 g/mol. The molecular formula is C25H26N2O4S. The highest BCUT2D eigenvalue weighted by molar-refractivity contribution is 7.89. The summed E-state index contributed by atoms with van der Waals surface area (Å²) >= 11 is 0. The highest BCUT2D eigenvalue weighted by Crippen LogP contribution is 2.38. The minimum atomic E-state index is -3.84. The zero-order valence-electron chi connectivity index (χ0n) is 18.6. The summed E-state index contributed by atoms with van der Waals surface area (Å²) in [5, 5.41) is 4.61. The van der Waals surface area contributed by atoms with E-state index in [-0.39, 0.29) is 4.90 Å². The van der Waals surface area contributed by atoms with Crippen molar-refractivity contribution in [2.75, 3.05) is 14.2 Å². The van der Waals surface area contributed by atoms with Crippen molar-refractivity contribution in [3.63, 3.8) is 0 Å². The van der Waals surface area contributed by atoms with Gasteiger partial charge in [-0.2, -0.15) is 17.9 Å². The molecule has 0 amide bonds. The van der Waals surface area contributed by atoms with Gasteiger partial charge in [0.15, 0.2) is 11.5 Å². The Morgan fingerprint density at radius 1 is 0.844 bits per heavy atom. The van der Waals surface area contributed by atoms with Crippen LogP contribution >= 0.6 is 0 Å². The Hall–Kier alpha value is -3.32. The van der Waals surface area contributed by atoms with E-state index >= 15 is 0 Å². The first kappa shape index (κ1) is 21.9. The second-order valence-electron chi connectivity index (χ2n) is 7.84. The lowest BCUT2D eigenvalue weighted by molar-refractivity contribution is 0.355. The molecule has 1 unspecified atom stereocenters. The summed E-state index contributed by atoms with van der Waals surface area (Å²) in [4.78, 5) is 0.220. The molecule has 0 fully saturated rings. The molecule has 1 aliphatic heterocycles. The van der Waals surface area contributed by atoms with E-state index in [0.717, 1.165) is 22.3 Å². The van der Waals surface area contributed by atoms with Gasteiger partial charge in [0.1, 0.15) is 0 Å². The summed E-state index contributed by atoms with van der Waals surface area (Å²) < 4.78 is 39.1. The number of rotatable bonds is 6. The van der Waals surface area contributed by atoms with E-state index in [9.17, 15) is 8.42 Å². The van der Waals surface area contributed by atoms with E-state index in [0.29, 0.717) is 23.6 Å². The topological polar surface area (TPSA) is 68.2 Å². The molecule has 166 valence electrons. The van der Waals surface area contributed by atoms with Crippen LogP contribution in [0.25, 0.3) is 0 Å². The zero-order chi connectivity index (χ0) is 22.9. The predicted octanol–water partition coefficient (Wildman–Crippen LogP) is 4.86. The monoisotopic (exact) mass is 450 g/mol. The van der Waals surface area contributed by atoms with Gasteiger partial charge in [-0.25, -0.2) is 0 Å². The number of hydrogen-bond acceptors (Lipinski definition) is 5. The molecule has 32 heavy (non-hydrogen) atoms. The largest absolute Gasteiger partial charge is 0.493 e. The van der Waals surface area contributed by atoms with Crippen LogP contribution in [0.15, 0.2) is 76.7 Å². The van der Waals surface area contributed by atoms with Gasteiger partial charge in [-0.05, 0) is 49.7 Å². The van der Waals surface area contributed by atoms with Crippen LogP contribution in [-0.4, -0.2) is 32.8 Å². The van der Waals surface area contributed by atoms with Crippen molar-refractivity contribution in [1.29, 1.82) is 0 Å². The zero-order valence-corrected chi connectivity index (χ0v) is 19.4. The Morgan fingerprint density at radius 2 is 1.44 bits per heavy atom. The minimum absolute atomic E-state index is 0.220. The minimum Gasteiger partial charge on any atom is -0.493 e. The summed E-state index contributed by atoms with van der Waals surface area (Å²) in [6.07, 6.45) is 0.448. The fourth-order valence-electron chi connectivity index (χ4n) is 3.76. The summed E-state index contributed by atoms with van der Waals surface area (Å²) in [6.45, 7) is 3.93. The Morgan fingerprint density at radius 3 is 2.03 bits per heavy atom. The third kappa shape index (κ3) is 4.08. The van der Waals surface area contributed by atoms with E-state index < -0.39 is 16.1 Å². The maximum absolute atomic E-state index is 13.6. The van der Waals surface area contributed by atoms with Crippen molar-refractivity contribution in [3.05, 3.63) is 89.0 Å². The van der Waals surface area contributed by atoms with Gasteiger partial charge in [0.25, 0.3) is 10.0 Å². The van der Waals surface area contributed by atoms with Gasteiger partial charge >= 0.3 is 0 Å². The maximum atomic E-state index is 13.6. The molecule has 3 aromatic rings. The van der Waals surface area contributed by atoms with Gasteiger partial charge in [0.2, 0.25) is 0 Å². The first-order chi connectivity index (χ1) is 15.3. The number of hydrogen-bond donors (Lipinski definition) is 0. The molecule has 0 spiro atoms. The van der Waals surface area contributed by atoms with Crippen molar-refractivity contribution in [2.24, 2.45) is 5.10 Å². The Balaban J connectivity index is 1.80. The molecule has 0 aromatic heterocycles. The van der Waals surface area contributed by atoms with Crippen LogP contribution in [0.3, 0.4) is 0 Å². The lowest BCUT2D eigenvalue weighted by atomic mass is 9.98. The Kier molecular flexibility index (Phi) is 5.93. The van der Waals surface area contributed by atoms with Crippen molar-refractivity contribution in [1.82, 2.24) is 4.41 Å². The highest BCUT2D eigenvalue weighted by atomic mass is 32.2. The number of benzene rings is 3. The van der Waals surface area contributed by atoms with Crippen LogP contribution in [-0.2, 0) is 10.0 Å². The predicted molar refractivity (Wildman–Crippen MR) is 125 cm³/mol. The van der Waals surface area contributed by atoms with E-state index in [1.165, 1.54) is 4.41 Å². The normalized spacial score (nSPS) is 16.1. The third-order valence-electron chi connectivity index (χ3n) is 5.62. The molecule has 0 bridgehead atoms. The second-order valence-corrected chi connectivity index (χ2v) is 9.63. The summed E-state index contributed by atoms with van der Waals surface area (Å²) in [5.74, 6) is 1.17. The Labute approximate surface area is 189 Å². The quantitative estimate of drug-likeness (QED) is 0.538. The van der Waals surface area contributed by atoms with Crippen molar-refractivity contribution < 1.29 is 17.9 Å². The van der Waals surface area contributed by atoms with Crippen LogP contribution in [0.2, 0.25) is 0 Å². The maximum Gasteiger partial charge on any atom is 0.279 e. The van der Waals surface area contributed by atoms with Gasteiger partial charge < -0.3 is 9.47 Å². The Bertz CT molecular complexity index is 1250. The van der Waals surface area contributed by atoms with Gasteiger partial charge in [-0.3, -0.25) is 0 Å². The fourth-order valence-corrected chi connectivity index (χ4v) is 5.19. The van der Waals surface area contributed by atoms with Gasteiger partial charge in [-0.1, -0.05) is 47.5 Å². The number of aryl methyl sites for hydroxylation is 2. The summed E-state index contributed by atoms with van der Waals surface area (Å²) in [7, 11) is -0.694. The molecule has 4 rings (SSSR count). The van der Waals surface area contributed by atoms with E-state index in [2.05, 4.69) is 5.10 Å². The van der Waals surface area contributed by atoms with Gasteiger partial charge in [0, 0.05) is 12.0 Å². The molecule has 1 aliphatic rings. The van der Waals surface area contributed by atoms with Crippen molar-refractivity contribution >= 4 is 15.7 Å². The summed E-state index contributed by atoms with van der Waals surface area (Å²) in [5.41, 5.74) is 4.47. The van der Waals surface area contributed by atoms with E-state index in [4.69, 9.17) is 9.47 Å². The number of hydrazone groups is 1. The lowest BCUT2D eigenvalue weighted by Gasteiger charge is -2.23. The molecule has 0 aliphatic carbocycles. The standard InChI is InChI=1S/C25H26N2O4S/c1-17-5-9-19(10-6-17)23-16-22(20-11-14-24(30-3)25(15-20)31-4)26-27(23)32(28,29)21-12-7-18(2)8-13-21/h5-15,23H,16H2,1-4H3. The average Bonchev–Trinajstić information content (AvgIpc) is 3.26. The van der Waals surface area contributed by atoms with E-state index in [1.54, 1.807) is 44.6 Å². The second kappa shape index (κ2) is 8.67. The molecule has 0 radical (unpaired) electrons. The van der Waals surface area contributed by atoms with Crippen LogP contribution < -0.4 is 9.47 Å². The molecule has 0 saturated heterocycles. The molecule has 1 heterocycles. The van der Waals surface area contributed by atoms with Crippen molar-refractivity contribution in [2.45, 2.75) is 31.2 Å². The fraction of sp³-hybridized carbons (Fsp3) is 0.240. The number of methoxy groups -OCH3 is 2. The van der Waals surface area contributed by atoms with Gasteiger partial charge in [-0.15, -0.1) is 0 Å². The van der Waals surface area contributed by atoms with E-state index in [1.807, 2.05) is 50.2 Å². The number of nitrogens with zero attached hydrogens (tertiary/aromatic N) is 2. The molecule has 1 atom stereocenters. The van der Waals surface area contributed by atoms with Crippen LogP contribution in [0.4, 0.5) is 0 Å². The lowest BCUT2D eigenvalue weighted by Crippen LogP contribution is -2.27. The highest BCUT2D eigenvalue weighted by Gasteiger charge is 2.37. The van der Waals surface area contributed by atoms with Crippen LogP contribution in [0.1, 0.15) is 34.7 Å². The number of sulfonamides is 1. The average molecular weight is 451 g/mol. The molecule has 0 N–H and O–H groups in total. The van der Waals surface area contributed by atoms with Crippen LogP contribution in [0, 0.1) is 13.8 Å². The van der Waals surface area contributed by atoms with Crippen molar-refractivity contribution in [3.8, 4) is 11.5 Å². The molecule has 7 heteroatoms. The van der Waals surface area contributed by atoms with Gasteiger partial charge in [0.05, 0.1) is 30.9 Å². The molecule has 0 saturated carbocycles. The number of ether oxygens (including phenoxy) is 2. The molecule has 3 aromatic carbocycles. The summed E-state index contributed by atoms with van der Waals surface area (Å²) in [6, 6.07) is 19.8. The van der Waals surface area contributed by atoms with Crippen LogP contribution in [0.5, 0.6) is 11.5 Å². The first-order valence-electron chi connectivity index (χ1n) is 10.3. The first-order valence-corrected chi connectivity index (χ1v) is 11.7. The smallest absolute Gasteiger partial charge is 0.279 e. The molecule has 6 nitrogen and oxygen atoms in total. The third-order valence-corrected chi connectivity index (χ3v) is 7.31.